The van der Waals surface area contributed by atoms with E-state index in [1.165, 1.54) is 15.9 Å². The van der Waals surface area contributed by atoms with Gasteiger partial charge in [0.05, 0.1) is 0 Å². The molecule has 21 heavy (non-hydrogen) atoms. The summed E-state index contributed by atoms with van der Waals surface area (Å²) >= 11 is 4.88. The van der Waals surface area contributed by atoms with Gasteiger partial charge in [0.15, 0.2) is 0 Å². The molecule has 0 aromatic heterocycles. The van der Waals surface area contributed by atoms with E-state index >= 15 is 0 Å². The van der Waals surface area contributed by atoms with E-state index in [1.54, 1.807) is 0 Å². The monoisotopic (exact) mass is 496 g/mol. The van der Waals surface area contributed by atoms with Crippen molar-refractivity contribution >= 4 is 42.9 Å². The molecule has 110 valence electrons. The van der Waals surface area contributed by atoms with Crippen molar-refractivity contribution in [1.29, 1.82) is 0 Å². The Labute approximate surface area is 150 Å². The third kappa shape index (κ3) is 4.77. The molecule has 0 amide bonds. The molecule has 0 saturated heterocycles. The molecular formula is C18H15AgIP. The van der Waals surface area contributed by atoms with Crippen molar-refractivity contribution in [2.24, 2.45) is 0 Å². The molecule has 0 atom stereocenters. The van der Waals surface area contributed by atoms with Crippen molar-refractivity contribution in [1.82, 2.24) is 0 Å². The molecule has 0 aliphatic rings. The Morgan fingerprint density at radius 2 is 0.714 bits per heavy atom. The average Bonchev–Trinajstić information content (AvgIpc) is 2.60. The predicted molar refractivity (Wildman–Crippen MR) is 99.2 cm³/mol. The number of rotatable bonds is 3. The second-order valence-corrected chi connectivity index (χ2v) is 6.56. The largest absolute Gasteiger partial charge is 0.0622 e. The van der Waals surface area contributed by atoms with Crippen LogP contribution in [0.25, 0.3) is 0 Å². The molecule has 0 aliphatic carbocycles. The molecule has 0 radical (unpaired) electrons. The minimum atomic E-state index is -0.446. The standard InChI is InChI=1S/C18H15P.Ag.HI/c1-4-10-16(11-5-1)19(17-12-6-2-7-13-17)18-14-8-3-9-15-18;;/h1-15H;;1H/q;+1;/p-1. The first-order chi connectivity index (χ1) is 10.4. The quantitative estimate of drug-likeness (QED) is 0.288. The third-order valence-electron chi connectivity index (χ3n) is 3.04. The van der Waals surface area contributed by atoms with Gasteiger partial charge in [-0.05, 0) is 23.8 Å². The van der Waals surface area contributed by atoms with Gasteiger partial charge in [-0.25, -0.2) is 0 Å². The Morgan fingerprint density at radius 3 is 0.952 bits per heavy atom. The summed E-state index contributed by atoms with van der Waals surface area (Å²) in [6, 6.07) is 32.3. The van der Waals surface area contributed by atoms with Crippen LogP contribution in [0.2, 0.25) is 0 Å². The van der Waals surface area contributed by atoms with Crippen molar-refractivity contribution in [2.45, 2.75) is 0 Å². The maximum absolute atomic E-state index is 2.92. The number of benzene rings is 3. The van der Waals surface area contributed by atoms with E-state index < -0.39 is 7.92 Å². The van der Waals surface area contributed by atoms with Crippen LogP contribution >= 0.6 is 26.9 Å². The van der Waals surface area contributed by atoms with E-state index in [2.05, 4.69) is 108 Å². The Bertz CT molecular complexity index is 535. The van der Waals surface area contributed by atoms with E-state index in [9.17, 15) is 0 Å². The number of halogens is 1. The van der Waals surface area contributed by atoms with Crippen molar-refractivity contribution in [3.63, 3.8) is 0 Å². The second kappa shape index (κ2) is 9.55. The fraction of sp³-hybridized carbons (Fsp3) is 0. The molecule has 0 aliphatic heterocycles. The van der Waals surface area contributed by atoms with Crippen LogP contribution in [-0.2, 0) is 17.3 Å². The number of hydrogen-bond donors (Lipinski definition) is 0. The fourth-order valence-electron chi connectivity index (χ4n) is 2.18. The van der Waals surface area contributed by atoms with E-state index in [-0.39, 0.29) is 0 Å². The SMILES string of the molecule is [Ag][I].c1ccc(P(c2ccccc2)c2ccccc2)cc1. The van der Waals surface area contributed by atoms with E-state index in [0.29, 0.717) is 0 Å². The summed E-state index contributed by atoms with van der Waals surface area (Å²) in [4.78, 5) is 0. The molecule has 0 heterocycles. The van der Waals surface area contributed by atoms with Gasteiger partial charge in [-0.15, -0.1) is 0 Å². The normalized spacial score (nSPS) is 9.90. The molecule has 3 aromatic rings. The van der Waals surface area contributed by atoms with Crippen molar-refractivity contribution in [3.8, 4) is 0 Å². The predicted octanol–water partition coefficient (Wildman–Crippen LogP) is 4.33. The van der Waals surface area contributed by atoms with Crippen LogP contribution in [0.15, 0.2) is 91.0 Å². The van der Waals surface area contributed by atoms with Crippen LogP contribution in [0, 0.1) is 0 Å². The van der Waals surface area contributed by atoms with Crippen molar-refractivity contribution in [3.05, 3.63) is 91.0 Å². The first kappa shape index (κ1) is 16.9. The molecule has 3 rings (SSSR count). The minimum absolute atomic E-state index is 0.446. The van der Waals surface area contributed by atoms with Crippen LogP contribution in [0.4, 0.5) is 0 Å². The zero-order chi connectivity index (χ0) is 14.9. The molecule has 0 bridgehead atoms. The first-order valence-electron chi connectivity index (χ1n) is 6.52. The maximum Gasteiger partial charge on any atom is -0.0134 e. The summed E-state index contributed by atoms with van der Waals surface area (Å²) in [5.41, 5.74) is 0. The Kier molecular flexibility index (Phi) is 7.70. The van der Waals surface area contributed by atoms with E-state index in [1.807, 2.05) is 19.0 Å². The molecule has 0 spiro atoms. The number of hydrogen-bond acceptors (Lipinski definition) is 0. The van der Waals surface area contributed by atoms with Gasteiger partial charge in [-0.2, -0.15) is 0 Å². The molecule has 0 nitrogen and oxygen atoms in total. The van der Waals surface area contributed by atoms with Gasteiger partial charge < -0.3 is 0 Å². The Balaban J connectivity index is 0.000000774. The Hall–Kier alpha value is -0.440. The summed E-state index contributed by atoms with van der Waals surface area (Å²) in [7, 11) is -0.446. The van der Waals surface area contributed by atoms with Gasteiger partial charge in [0.2, 0.25) is 0 Å². The fourth-order valence-corrected chi connectivity index (χ4v) is 4.48. The average molecular weight is 497 g/mol. The van der Waals surface area contributed by atoms with Gasteiger partial charge in [-0.1, -0.05) is 91.0 Å². The molecule has 0 unspecified atom stereocenters. The summed E-state index contributed by atoms with van der Waals surface area (Å²) in [6.07, 6.45) is 0. The molecule has 0 saturated carbocycles. The van der Waals surface area contributed by atoms with Gasteiger partial charge >= 0.3 is 36.3 Å². The van der Waals surface area contributed by atoms with Gasteiger partial charge in [-0.3, -0.25) is 0 Å². The van der Waals surface area contributed by atoms with Crippen LogP contribution in [0.3, 0.4) is 0 Å². The summed E-state index contributed by atoms with van der Waals surface area (Å²) in [5.74, 6) is 0. The zero-order valence-corrected chi connectivity index (χ0v) is 15.8. The van der Waals surface area contributed by atoms with Crippen molar-refractivity contribution < 1.29 is 17.3 Å². The molecule has 3 heteroatoms. The molecule has 3 aromatic carbocycles. The summed E-state index contributed by atoms with van der Waals surface area (Å²) in [6.45, 7) is 0. The third-order valence-corrected chi connectivity index (χ3v) is 5.49. The van der Waals surface area contributed by atoms with Crippen molar-refractivity contribution in [2.75, 3.05) is 0 Å². The minimum Gasteiger partial charge on any atom is -0.0622 e. The smallest absolute Gasteiger partial charge is 0.0134 e. The molecule has 0 N–H and O–H groups in total. The van der Waals surface area contributed by atoms with E-state index in [0.717, 1.165) is 0 Å². The first-order valence-corrected chi connectivity index (χ1v) is 12.3. The van der Waals surface area contributed by atoms with Gasteiger partial charge in [0.25, 0.3) is 0 Å². The topological polar surface area (TPSA) is 0 Å². The van der Waals surface area contributed by atoms with Crippen LogP contribution in [-0.4, -0.2) is 0 Å². The van der Waals surface area contributed by atoms with E-state index in [4.69, 9.17) is 0 Å². The summed E-state index contributed by atoms with van der Waals surface area (Å²) < 4.78 is 0. The second-order valence-electron chi connectivity index (χ2n) is 4.34. The van der Waals surface area contributed by atoms with Crippen LogP contribution < -0.4 is 15.9 Å². The van der Waals surface area contributed by atoms with Crippen LogP contribution in [0.5, 0.6) is 0 Å². The molecular weight excluding hydrogens is 482 g/mol. The zero-order valence-electron chi connectivity index (χ0n) is 11.3. The maximum atomic E-state index is 2.92. The van der Waals surface area contributed by atoms with Gasteiger partial charge in [0, 0.05) is 0 Å². The summed E-state index contributed by atoms with van der Waals surface area (Å²) in [5, 5.41) is 4.19. The van der Waals surface area contributed by atoms with Gasteiger partial charge in [0.1, 0.15) is 0 Å². The molecule has 0 fully saturated rings. The van der Waals surface area contributed by atoms with Crippen LogP contribution in [0.1, 0.15) is 0 Å². The Morgan fingerprint density at radius 1 is 0.476 bits per heavy atom.